The van der Waals surface area contributed by atoms with E-state index in [4.69, 9.17) is 14.1 Å². The molecule has 0 amide bonds. The van der Waals surface area contributed by atoms with Gasteiger partial charge in [0.15, 0.2) is 5.16 Å². The van der Waals surface area contributed by atoms with Gasteiger partial charge in [0.05, 0.1) is 35.0 Å². The summed E-state index contributed by atoms with van der Waals surface area (Å²) in [5, 5.41) is 1.32. The normalized spacial score (nSPS) is 17.2. The van der Waals surface area contributed by atoms with Crippen molar-refractivity contribution in [3.05, 3.63) is 52.0 Å². The van der Waals surface area contributed by atoms with Crippen molar-refractivity contribution in [3.63, 3.8) is 0 Å². The predicted octanol–water partition coefficient (Wildman–Crippen LogP) is 3.47. The molecule has 0 radical (unpaired) electrons. The van der Waals surface area contributed by atoms with Crippen LogP contribution in [0.1, 0.15) is 30.2 Å². The molecule has 4 rings (SSSR count). The maximum Gasteiger partial charge on any atom is 0.262 e. The van der Waals surface area contributed by atoms with E-state index in [-0.39, 0.29) is 11.7 Å². The van der Waals surface area contributed by atoms with E-state index in [9.17, 15) is 4.79 Å². The Morgan fingerprint density at radius 3 is 2.85 bits per heavy atom. The molecule has 1 saturated heterocycles. The quantitative estimate of drug-likeness (QED) is 0.505. The van der Waals surface area contributed by atoms with E-state index >= 15 is 0 Å². The van der Waals surface area contributed by atoms with Gasteiger partial charge in [0, 0.05) is 6.61 Å². The SMILES string of the molecule is Cc1nc(CSc2nc3ccccc3c(=O)n2C[C@H]2CCCO2)oc1C. The highest BCUT2D eigenvalue weighted by atomic mass is 32.2. The van der Waals surface area contributed by atoms with Gasteiger partial charge in [-0.25, -0.2) is 9.97 Å². The number of benzene rings is 1. The van der Waals surface area contributed by atoms with Gasteiger partial charge >= 0.3 is 0 Å². The van der Waals surface area contributed by atoms with Gasteiger partial charge in [0.25, 0.3) is 5.56 Å². The molecule has 1 aliphatic rings. The fourth-order valence-electron chi connectivity index (χ4n) is 3.14. The van der Waals surface area contributed by atoms with Crippen molar-refractivity contribution in [2.45, 2.75) is 50.2 Å². The first kappa shape index (κ1) is 17.3. The van der Waals surface area contributed by atoms with E-state index in [1.807, 2.05) is 38.1 Å². The number of para-hydroxylation sites is 1. The lowest BCUT2D eigenvalue weighted by Crippen LogP contribution is -2.28. The summed E-state index contributed by atoms with van der Waals surface area (Å²) in [6.45, 7) is 5.12. The van der Waals surface area contributed by atoms with Gasteiger partial charge in [-0.2, -0.15) is 0 Å². The van der Waals surface area contributed by atoms with Gasteiger partial charge < -0.3 is 9.15 Å². The number of hydrogen-bond donors (Lipinski definition) is 0. The molecule has 1 atom stereocenters. The van der Waals surface area contributed by atoms with Gasteiger partial charge in [-0.3, -0.25) is 9.36 Å². The zero-order valence-electron chi connectivity index (χ0n) is 14.9. The summed E-state index contributed by atoms with van der Waals surface area (Å²) in [6, 6.07) is 7.46. The Hall–Kier alpha value is -2.12. The molecule has 0 bridgehead atoms. The van der Waals surface area contributed by atoms with Crippen LogP contribution < -0.4 is 5.56 Å². The van der Waals surface area contributed by atoms with Crippen molar-refractivity contribution in [1.29, 1.82) is 0 Å². The lowest BCUT2D eigenvalue weighted by atomic mass is 10.2. The molecular formula is C19H21N3O3S. The van der Waals surface area contributed by atoms with Crippen LogP contribution in [-0.4, -0.2) is 27.2 Å². The highest BCUT2D eigenvalue weighted by Crippen LogP contribution is 2.24. The first-order valence-electron chi connectivity index (χ1n) is 8.78. The Kier molecular flexibility index (Phi) is 4.82. The largest absolute Gasteiger partial charge is 0.445 e. The third kappa shape index (κ3) is 3.41. The molecule has 0 saturated carbocycles. The topological polar surface area (TPSA) is 70.2 Å². The molecule has 136 valence electrons. The first-order valence-corrected chi connectivity index (χ1v) is 9.77. The minimum Gasteiger partial charge on any atom is -0.445 e. The Morgan fingerprint density at radius 1 is 1.27 bits per heavy atom. The molecule has 3 aromatic rings. The van der Waals surface area contributed by atoms with Crippen LogP contribution in [-0.2, 0) is 17.0 Å². The maximum absolute atomic E-state index is 13.0. The van der Waals surface area contributed by atoms with Gasteiger partial charge in [-0.05, 0) is 38.8 Å². The van der Waals surface area contributed by atoms with Crippen molar-refractivity contribution in [2.24, 2.45) is 0 Å². The van der Waals surface area contributed by atoms with E-state index in [0.29, 0.717) is 34.2 Å². The summed E-state index contributed by atoms with van der Waals surface area (Å²) >= 11 is 1.47. The lowest BCUT2D eigenvalue weighted by molar-refractivity contribution is 0.0937. The van der Waals surface area contributed by atoms with E-state index < -0.39 is 0 Å². The van der Waals surface area contributed by atoms with Crippen LogP contribution >= 0.6 is 11.8 Å². The van der Waals surface area contributed by atoms with Crippen LogP contribution in [0.15, 0.2) is 38.6 Å². The fraction of sp³-hybridized carbons (Fsp3) is 0.421. The van der Waals surface area contributed by atoms with Gasteiger partial charge in [0.2, 0.25) is 5.89 Å². The van der Waals surface area contributed by atoms with Crippen LogP contribution in [0, 0.1) is 13.8 Å². The minimum atomic E-state index is -0.0200. The van der Waals surface area contributed by atoms with Crippen molar-refractivity contribution in [1.82, 2.24) is 14.5 Å². The number of fused-ring (bicyclic) bond motifs is 1. The molecule has 26 heavy (non-hydrogen) atoms. The second-order valence-electron chi connectivity index (χ2n) is 6.50. The molecule has 1 aromatic carbocycles. The number of ether oxygens (including phenoxy) is 1. The van der Waals surface area contributed by atoms with Crippen LogP contribution in [0.5, 0.6) is 0 Å². The Labute approximate surface area is 155 Å². The maximum atomic E-state index is 13.0. The van der Waals surface area contributed by atoms with Crippen molar-refractivity contribution in [2.75, 3.05) is 6.61 Å². The monoisotopic (exact) mass is 371 g/mol. The summed E-state index contributed by atoms with van der Waals surface area (Å²) in [5.41, 5.74) is 1.58. The number of thioether (sulfide) groups is 1. The smallest absolute Gasteiger partial charge is 0.262 e. The standard InChI is InChI=1S/C19H21N3O3S/c1-12-13(2)25-17(20-12)11-26-19-21-16-8-4-3-7-15(16)18(23)22(19)10-14-6-5-9-24-14/h3-4,7-8,14H,5-6,9-11H2,1-2H3/t14-/m1/s1. The molecule has 3 heterocycles. The molecule has 7 heteroatoms. The van der Waals surface area contributed by atoms with Crippen molar-refractivity contribution < 1.29 is 9.15 Å². The molecule has 1 aliphatic heterocycles. The Bertz CT molecular complexity index is 970. The molecule has 0 unspecified atom stereocenters. The van der Waals surface area contributed by atoms with Gasteiger partial charge in [0.1, 0.15) is 5.76 Å². The predicted molar refractivity (Wildman–Crippen MR) is 101 cm³/mol. The zero-order valence-corrected chi connectivity index (χ0v) is 15.7. The average molecular weight is 371 g/mol. The summed E-state index contributed by atoms with van der Waals surface area (Å²) in [4.78, 5) is 22.2. The summed E-state index contributed by atoms with van der Waals surface area (Å²) in [7, 11) is 0. The molecule has 1 fully saturated rings. The number of nitrogens with zero attached hydrogens (tertiary/aromatic N) is 3. The van der Waals surface area contributed by atoms with Crippen LogP contribution in [0.25, 0.3) is 10.9 Å². The molecule has 0 N–H and O–H groups in total. The van der Waals surface area contributed by atoms with E-state index in [1.54, 1.807) is 4.57 Å². The third-order valence-corrected chi connectivity index (χ3v) is 5.60. The first-order chi connectivity index (χ1) is 12.6. The van der Waals surface area contributed by atoms with E-state index in [1.165, 1.54) is 11.8 Å². The number of oxazole rings is 1. The van der Waals surface area contributed by atoms with E-state index in [2.05, 4.69) is 4.98 Å². The zero-order chi connectivity index (χ0) is 18.1. The molecule has 6 nitrogen and oxygen atoms in total. The number of rotatable bonds is 5. The van der Waals surface area contributed by atoms with Crippen LogP contribution in [0.2, 0.25) is 0 Å². The number of hydrogen-bond acceptors (Lipinski definition) is 6. The molecule has 0 aliphatic carbocycles. The number of aryl methyl sites for hydroxylation is 2. The lowest BCUT2D eigenvalue weighted by Gasteiger charge is -2.16. The summed E-state index contributed by atoms with van der Waals surface area (Å²) in [5.74, 6) is 2.00. The molecular weight excluding hydrogens is 350 g/mol. The summed E-state index contributed by atoms with van der Waals surface area (Å²) < 4.78 is 13.1. The Morgan fingerprint density at radius 2 is 2.12 bits per heavy atom. The van der Waals surface area contributed by atoms with Crippen LogP contribution in [0.3, 0.4) is 0 Å². The summed E-state index contributed by atoms with van der Waals surface area (Å²) in [6.07, 6.45) is 2.08. The molecule has 0 spiro atoms. The highest BCUT2D eigenvalue weighted by molar-refractivity contribution is 7.98. The fourth-order valence-corrected chi connectivity index (χ4v) is 3.99. The highest BCUT2D eigenvalue weighted by Gasteiger charge is 2.20. The second kappa shape index (κ2) is 7.25. The second-order valence-corrected chi connectivity index (χ2v) is 7.44. The van der Waals surface area contributed by atoms with E-state index in [0.717, 1.165) is 30.9 Å². The average Bonchev–Trinajstić information content (AvgIpc) is 3.26. The molecule has 2 aromatic heterocycles. The van der Waals surface area contributed by atoms with Crippen molar-refractivity contribution in [3.8, 4) is 0 Å². The van der Waals surface area contributed by atoms with Crippen molar-refractivity contribution >= 4 is 22.7 Å². The Balaban J connectivity index is 1.69. The minimum absolute atomic E-state index is 0.0200. The number of aromatic nitrogens is 3. The van der Waals surface area contributed by atoms with Crippen LogP contribution in [0.4, 0.5) is 0 Å². The van der Waals surface area contributed by atoms with Gasteiger partial charge in [-0.1, -0.05) is 23.9 Å². The van der Waals surface area contributed by atoms with Gasteiger partial charge in [-0.15, -0.1) is 0 Å². The third-order valence-electron chi connectivity index (χ3n) is 4.63.